The quantitative estimate of drug-likeness (QED) is 0.0349. The van der Waals surface area contributed by atoms with E-state index in [-0.39, 0.29) is 50.7 Å². The van der Waals surface area contributed by atoms with Crippen molar-refractivity contribution in [1.29, 1.82) is 0 Å². The Labute approximate surface area is 232 Å². The Kier molecular flexibility index (Phi) is 17.7. The summed E-state index contributed by atoms with van der Waals surface area (Å²) in [5.74, 6) is -4.96. The van der Waals surface area contributed by atoms with Crippen LogP contribution >= 0.6 is 0 Å². The topological polar surface area (TPSA) is 349 Å². The van der Waals surface area contributed by atoms with Crippen LogP contribution in [-0.2, 0) is 24.0 Å². The molecule has 40 heavy (non-hydrogen) atoms. The van der Waals surface area contributed by atoms with Gasteiger partial charge in [-0.3, -0.25) is 29.2 Å². The minimum Gasteiger partial charge on any atom is -0.480 e. The molecule has 0 aliphatic rings. The zero-order chi connectivity index (χ0) is 30.7. The molecule has 0 saturated carbocycles. The molecule has 0 saturated heterocycles. The molecule has 0 bridgehead atoms. The third kappa shape index (κ3) is 16.6. The van der Waals surface area contributed by atoms with Gasteiger partial charge in [-0.15, -0.1) is 0 Å². The number of nitrogens with zero attached hydrogens (tertiary/aromatic N) is 2. The van der Waals surface area contributed by atoms with Gasteiger partial charge in [0.1, 0.15) is 18.1 Å². The lowest BCUT2D eigenvalue weighted by molar-refractivity contribution is -0.142. The Morgan fingerprint density at radius 3 is 1.60 bits per heavy atom. The highest BCUT2D eigenvalue weighted by Crippen LogP contribution is 2.06. The SMILES string of the molecule is NCCCCC(N)C(=O)NC(CC(N)=O)C(=O)NC(CCCN=C(N)N)C(=O)NC(CCCN=C(N)N)C(=O)O. The second-order valence-electron chi connectivity index (χ2n) is 8.98. The highest BCUT2D eigenvalue weighted by Gasteiger charge is 2.30. The van der Waals surface area contributed by atoms with Crippen molar-refractivity contribution in [2.45, 2.75) is 75.5 Å². The number of nitrogens with one attached hydrogen (secondary N) is 3. The van der Waals surface area contributed by atoms with Gasteiger partial charge in [0.15, 0.2) is 11.9 Å². The van der Waals surface area contributed by atoms with Crippen LogP contribution in [-0.4, -0.2) is 90.4 Å². The van der Waals surface area contributed by atoms with Crippen molar-refractivity contribution in [2.24, 2.45) is 50.1 Å². The van der Waals surface area contributed by atoms with Crippen molar-refractivity contribution in [3.8, 4) is 0 Å². The molecule has 0 radical (unpaired) electrons. The molecule has 4 unspecified atom stereocenters. The first-order valence-electron chi connectivity index (χ1n) is 12.8. The Hall–Kier alpha value is -4.19. The summed E-state index contributed by atoms with van der Waals surface area (Å²) in [5, 5.41) is 16.7. The molecule has 0 aliphatic heterocycles. The maximum absolute atomic E-state index is 13.1. The molecular formula is C22H44N12O6. The van der Waals surface area contributed by atoms with Gasteiger partial charge in [-0.25, -0.2) is 4.79 Å². The van der Waals surface area contributed by atoms with E-state index >= 15 is 0 Å². The van der Waals surface area contributed by atoms with E-state index in [0.717, 1.165) is 0 Å². The molecule has 0 spiro atoms. The molecule has 228 valence electrons. The Bertz CT molecular complexity index is 905. The number of carbonyl (C=O) groups is 5. The molecule has 0 aromatic rings. The third-order valence-corrected chi connectivity index (χ3v) is 5.48. The van der Waals surface area contributed by atoms with Crippen LogP contribution < -0.4 is 56.1 Å². The summed E-state index contributed by atoms with van der Waals surface area (Å²) in [5.41, 5.74) is 37.7. The van der Waals surface area contributed by atoms with Gasteiger partial charge in [0.05, 0.1) is 12.5 Å². The van der Waals surface area contributed by atoms with E-state index in [0.29, 0.717) is 25.8 Å². The van der Waals surface area contributed by atoms with Gasteiger partial charge in [-0.1, -0.05) is 6.42 Å². The summed E-state index contributed by atoms with van der Waals surface area (Å²) < 4.78 is 0. The van der Waals surface area contributed by atoms with Gasteiger partial charge < -0.3 is 61.2 Å². The number of carboxylic acids is 1. The zero-order valence-corrected chi connectivity index (χ0v) is 22.5. The standard InChI is InChI=1S/C22H44N12O6/c23-8-2-1-5-12(24)17(36)34-15(11-16(25)35)19(38)32-13(6-3-9-30-21(26)27)18(37)33-14(20(39)40)7-4-10-31-22(28)29/h12-15H,1-11,23-24H2,(H2,25,35)(H,32,38)(H,33,37)(H,34,36)(H,39,40)(H4,26,27,30)(H4,28,29,31). The van der Waals surface area contributed by atoms with Gasteiger partial charge in [0.25, 0.3) is 0 Å². The highest BCUT2D eigenvalue weighted by molar-refractivity contribution is 5.96. The lowest BCUT2D eigenvalue weighted by Gasteiger charge is -2.25. The van der Waals surface area contributed by atoms with Crippen LogP contribution in [0.1, 0.15) is 51.4 Å². The average molecular weight is 573 g/mol. The Balaban J connectivity index is 5.62. The fourth-order valence-electron chi connectivity index (χ4n) is 3.41. The van der Waals surface area contributed by atoms with Crippen molar-refractivity contribution in [1.82, 2.24) is 16.0 Å². The van der Waals surface area contributed by atoms with E-state index < -0.39 is 60.2 Å². The number of carboxylic acid groups (broad SMARTS) is 1. The number of guanidine groups is 2. The highest BCUT2D eigenvalue weighted by atomic mass is 16.4. The predicted octanol–water partition coefficient (Wildman–Crippen LogP) is -5.04. The molecule has 0 heterocycles. The van der Waals surface area contributed by atoms with Crippen LogP contribution in [0, 0.1) is 0 Å². The van der Waals surface area contributed by atoms with E-state index in [1.165, 1.54) is 0 Å². The van der Waals surface area contributed by atoms with E-state index in [1.54, 1.807) is 0 Å². The number of nitrogens with two attached hydrogens (primary N) is 7. The van der Waals surface area contributed by atoms with Gasteiger partial charge in [-0.05, 0) is 45.1 Å². The first kappa shape index (κ1) is 35.8. The number of rotatable bonds is 21. The maximum atomic E-state index is 13.1. The Morgan fingerprint density at radius 2 is 1.12 bits per heavy atom. The van der Waals surface area contributed by atoms with E-state index in [4.69, 9.17) is 40.1 Å². The molecular weight excluding hydrogens is 528 g/mol. The van der Waals surface area contributed by atoms with Gasteiger partial charge in [0, 0.05) is 13.1 Å². The number of unbranched alkanes of at least 4 members (excludes halogenated alkanes) is 1. The normalized spacial score (nSPS) is 13.6. The summed E-state index contributed by atoms with van der Waals surface area (Å²) in [7, 11) is 0. The molecule has 4 atom stereocenters. The molecule has 18 nitrogen and oxygen atoms in total. The van der Waals surface area contributed by atoms with E-state index in [1.807, 2.05) is 0 Å². The second kappa shape index (κ2) is 19.8. The molecule has 0 aliphatic carbocycles. The van der Waals surface area contributed by atoms with Crippen molar-refractivity contribution >= 4 is 41.5 Å². The molecule has 0 fully saturated rings. The number of aliphatic carboxylic acids is 1. The minimum absolute atomic E-state index is 0.00504. The fraction of sp³-hybridized carbons (Fsp3) is 0.682. The summed E-state index contributed by atoms with van der Waals surface area (Å²) in [6.07, 6.45) is 1.40. The van der Waals surface area contributed by atoms with Gasteiger partial charge in [0.2, 0.25) is 23.6 Å². The number of hydrogen-bond acceptors (Lipinski definition) is 9. The summed E-state index contributed by atoms with van der Waals surface area (Å²) in [6.45, 7) is 0.679. The molecule has 4 amide bonds. The maximum Gasteiger partial charge on any atom is 0.326 e. The second-order valence-corrected chi connectivity index (χ2v) is 8.98. The monoisotopic (exact) mass is 572 g/mol. The molecule has 0 aromatic heterocycles. The number of carbonyl (C=O) groups excluding carboxylic acids is 4. The van der Waals surface area contributed by atoms with Crippen LogP contribution in [0.2, 0.25) is 0 Å². The number of amides is 4. The average Bonchev–Trinajstić information content (AvgIpc) is 2.86. The summed E-state index contributed by atoms with van der Waals surface area (Å²) >= 11 is 0. The first-order chi connectivity index (χ1) is 18.8. The van der Waals surface area contributed by atoms with Crippen molar-refractivity contribution in [2.75, 3.05) is 19.6 Å². The van der Waals surface area contributed by atoms with Crippen LogP contribution in [0.5, 0.6) is 0 Å². The molecule has 0 rings (SSSR count). The smallest absolute Gasteiger partial charge is 0.326 e. The van der Waals surface area contributed by atoms with Crippen LogP contribution in [0.25, 0.3) is 0 Å². The van der Waals surface area contributed by atoms with Crippen molar-refractivity contribution in [3.63, 3.8) is 0 Å². The number of aliphatic imine (C=N–C) groups is 2. The van der Waals surface area contributed by atoms with Crippen molar-refractivity contribution in [3.05, 3.63) is 0 Å². The van der Waals surface area contributed by atoms with Gasteiger partial charge in [-0.2, -0.15) is 0 Å². The van der Waals surface area contributed by atoms with Crippen molar-refractivity contribution < 1.29 is 29.1 Å². The van der Waals surface area contributed by atoms with Crippen LogP contribution in [0.4, 0.5) is 0 Å². The molecule has 18 N–H and O–H groups in total. The minimum atomic E-state index is -1.44. The lowest BCUT2D eigenvalue weighted by atomic mass is 10.1. The lowest BCUT2D eigenvalue weighted by Crippen LogP contribution is -2.57. The summed E-state index contributed by atoms with van der Waals surface area (Å²) in [6, 6.07) is -4.99. The predicted molar refractivity (Wildman–Crippen MR) is 148 cm³/mol. The zero-order valence-electron chi connectivity index (χ0n) is 22.5. The molecule has 0 aromatic carbocycles. The number of primary amides is 1. The summed E-state index contributed by atoms with van der Waals surface area (Å²) in [4.78, 5) is 69.5. The Morgan fingerprint density at radius 1 is 0.650 bits per heavy atom. The van der Waals surface area contributed by atoms with Crippen LogP contribution in [0.3, 0.4) is 0 Å². The third-order valence-electron chi connectivity index (χ3n) is 5.48. The van der Waals surface area contributed by atoms with Crippen LogP contribution in [0.15, 0.2) is 9.98 Å². The first-order valence-corrected chi connectivity index (χ1v) is 12.8. The molecule has 18 heteroatoms. The van der Waals surface area contributed by atoms with Gasteiger partial charge >= 0.3 is 5.97 Å². The number of hydrogen-bond donors (Lipinski definition) is 11. The largest absolute Gasteiger partial charge is 0.480 e. The van der Waals surface area contributed by atoms with E-state index in [2.05, 4.69) is 25.9 Å². The fourth-order valence-corrected chi connectivity index (χ4v) is 3.41. The van der Waals surface area contributed by atoms with E-state index in [9.17, 15) is 29.1 Å².